The van der Waals surface area contributed by atoms with Gasteiger partial charge < -0.3 is 24.8 Å². The number of ether oxygens (including phenoxy) is 1. The van der Waals surface area contributed by atoms with Crippen LogP contribution in [-0.4, -0.2) is 64.0 Å². The summed E-state index contributed by atoms with van der Waals surface area (Å²) in [7, 11) is 1.25. The van der Waals surface area contributed by atoms with E-state index in [2.05, 4.69) is 36.0 Å². The van der Waals surface area contributed by atoms with E-state index in [-0.39, 0.29) is 24.4 Å². The number of nitrogens with one attached hydrogen (secondary N) is 2. The van der Waals surface area contributed by atoms with Gasteiger partial charge in [-0.05, 0) is 23.6 Å². The molecule has 1 aromatic carbocycles. The third kappa shape index (κ3) is 5.07. The number of halogens is 1. The highest BCUT2D eigenvalue weighted by atomic mass is 79.9. The lowest BCUT2D eigenvalue weighted by Gasteiger charge is -2.29. The van der Waals surface area contributed by atoms with Crippen molar-refractivity contribution in [2.75, 3.05) is 20.3 Å². The molecule has 0 radical (unpaired) electrons. The number of amides is 3. The fraction of sp³-hybridized carbons (Fsp3) is 0.429. The standard InChI is InChI=1S/C21H26BrN5O4/c1-12(2)18(25-21(30)31-4)20(29)27-11-26(13(3)28)10-17(27)19-23-9-16(24-19)14-5-7-15(22)8-6-14/h5-9,12,17-18H,10-11H2,1-4H3,(H,23,24)(H,25,30). The quantitative estimate of drug-likeness (QED) is 0.668. The van der Waals surface area contributed by atoms with Gasteiger partial charge in [-0.1, -0.05) is 41.9 Å². The number of nitrogens with zero attached hydrogens (tertiary/aromatic N) is 3. The molecule has 9 nitrogen and oxygen atoms in total. The lowest BCUT2D eigenvalue weighted by molar-refractivity contribution is -0.137. The summed E-state index contributed by atoms with van der Waals surface area (Å²) < 4.78 is 5.64. The van der Waals surface area contributed by atoms with Crippen molar-refractivity contribution >= 4 is 33.8 Å². The van der Waals surface area contributed by atoms with Gasteiger partial charge in [-0.2, -0.15) is 0 Å². The van der Waals surface area contributed by atoms with Crippen LogP contribution in [0.15, 0.2) is 34.9 Å². The van der Waals surface area contributed by atoms with Crippen LogP contribution in [0.1, 0.15) is 32.6 Å². The Morgan fingerprint density at radius 2 is 1.94 bits per heavy atom. The van der Waals surface area contributed by atoms with Gasteiger partial charge in [-0.15, -0.1) is 0 Å². The molecule has 0 aliphatic carbocycles. The average Bonchev–Trinajstić information content (AvgIpc) is 3.39. The summed E-state index contributed by atoms with van der Waals surface area (Å²) in [6, 6.07) is 6.53. The van der Waals surface area contributed by atoms with E-state index in [4.69, 9.17) is 0 Å². The summed E-state index contributed by atoms with van der Waals surface area (Å²) in [5.41, 5.74) is 1.76. The van der Waals surface area contributed by atoms with Gasteiger partial charge >= 0.3 is 6.09 Å². The SMILES string of the molecule is COC(=O)NC(C(=O)N1CN(C(C)=O)CC1c1ncc(-c2ccc(Br)cc2)[nH]1)C(C)C. The van der Waals surface area contributed by atoms with Gasteiger partial charge in [0.15, 0.2) is 0 Å². The molecular formula is C21H26BrN5O4. The van der Waals surface area contributed by atoms with Crippen molar-refractivity contribution in [1.29, 1.82) is 0 Å². The van der Waals surface area contributed by atoms with E-state index >= 15 is 0 Å². The van der Waals surface area contributed by atoms with E-state index in [9.17, 15) is 14.4 Å². The Labute approximate surface area is 189 Å². The number of imidazole rings is 1. The van der Waals surface area contributed by atoms with E-state index in [1.54, 1.807) is 16.0 Å². The van der Waals surface area contributed by atoms with E-state index in [1.807, 2.05) is 38.1 Å². The van der Waals surface area contributed by atoms with Crippen LogP contribution in [-0.2, 0) is 14.3 Å². The first kappa shape index (κ1) is 22.8. The maximum atomic E-state index is 13.4. The van der Waals surface area contributed by atoms with Crippen LogP contribution in [0.4, 0.5) is 4.79 Å². The zero-order valence-electron chi connectivity index (χ0n) is 17.9. The minimum atomic E-state index is -0.789. The number of carbonyl (C=O) groups is 3. The number of methoxy groups -OCH3 is 1. The lowest BCUT2D eigenvalue weighted by atomic mass is 10.0. The molecule has 3 rings (SSSR count). The topological polar surface area (TPSA) is 108 Å². The van der Waals surface area contributed by atoms with Crippen molar-refractivity contribution in [2.45, 2.75) is 32.9 Å². The van der Waals surface area contributed by atoms with Crippen molar-refractivity contribution in [3.05, 3.63) is 40.8 Å². The minimum absolute atomic E-state index is 0.124. The molecule has 3 amide bonds. The number of H-pyrrole nitrogens is 1. The molecule has 0 bridgehead atoms. The first-order chi connectivity index (χ1) is 14.7. The molecule has 0 spiro atoms. The van der Waals surface area contributed by atoms with E-state index in [0.29, 0.717) is 12.4 Å². The van der Waals surface area contributed by atoms with Gasteiger partial charge in [0.25, 0.3) is 0 Å². The molecule has 2 unspecified atom stereocenters. The molecule has 1 saturated heterocycles. The van der Waals surface area contributed by atoms with Gasteiger partial charge in [0.2, 0.25) is 11.8 Å². The summed E-state index contributed by atoms with van der Waals surface area (Å²) in [6.45, 7) is 5.58. The van der Waals surface area contributed by atoms with Gasteiger partial charge in [-0.25, -0.2) is 9.78 Å². The van der Waals surface area contributed by atoms with Crippen molar-refractivity contribution in [3.63, 3.8) is 0 Å². The Kier molecular flexibility index (Phi) is 6.99. The van der Waals surface area contributed by atoms with Crippen LogP contribution in [0.2, 0.25) is 0 Å². The number of alkyl carbamates (subject to hydrolysis) is 1. The molecule has 2 atom stereocenters. The van der Waals surface area contributed by atoms with Gasteiger partial charge in [-0.3, -0.25) is 9.59 Å². The highest BCUT2D eigenvalue weighted by Crippen LogP contribution is 2.30. The first-order valence-corrected chi connectivity index (χ1v) is 10.7. The van der Waals surface area contributed by atoms with Crippen molar-refractivity contribution < 1.29 is 19.1 Å². The fourth-order valence-corrected chi connectivity index (χ4v) is 3.76. The van der Waals surface area contributed by atoms with Crippen LogP contribution in [0, 0.1) is 5.92 Å². The number of aromatic nitrogens is 2. The van der Waals surface area contributed by atoms with E-state index < -0.39 is 18.2 Å². The van der Waals surface area contributed by atoms with Gasteiger partial charge in [0.1, 0.15) is 17.9 Å². The molecular weight excluding hydrogens is 466 g/mol. The highest BCUT2D eigenvalue weighted by Gasteiger charge is 2.41. The average molecular weight is 492 g/mol. The Balaban J connectivity index is 1.89. The third-order valence-electron chi connectivity index (χ3n) is 5.28. The van der Waals surface area contributed by atoms with Gasteiger partial charge in [0, 0.05) is 11.4 Å². The van der Waals surface area contributed by atoms with E-state index in [0.717, 1.165) is 15.7 Å². The molecule has 2 heterocycles. The zero-order valence-corrected chi connectivity index (χ0v) is 19.5. The Hall–Kier alpha value is -2.88. The summed E-state index contributed by atoms with van der Waals surface area (Å²) >= 11 is 3.42. The molecule has 2 aromatic rings. The van der Waals surface area contributed by atoms with Crippen molar-refractivity contribution in [3.8, 4) is 11.3 Å². The van der Waals surface area contributed by atoms with E-state index in [1.165, 1.54) is 14.0 Å². The van der Waals surface area contributed by atoms with Crippen LogP contribution in [0.25, 0.3) is 11.3 Å². The number of carbonyl (C=O) groups excluding carboxylic acids is 3. The molecule has 0 saturated carbocycles. The summed E-state index contributed by atoms with van der Waals surface area (Å²) in [6.07, 6.45) is 1.03. The molecule has 1 aromatic heterocycles. The monoisotopic (exact) mass is 491 g/mol. The Morgan fingerprint density at radius 1 is 1.26 bits per heavy atom. The maximum absolute atomic E-state index is 13.4. The van der Waals surface area contributed by atoms with Crippen LogP contribution < -0.4 is 5.32 Å². The number of benzene rings is 1. The predicted molar refractivity (Wildman–Crippen MR) is 118 cm³/mol. The highest BCUT2D eigenvalue weighted by molar-refractivity contribution is 9.10. The largest absolute Gasteiger partial charge is 0.453 e. The lowest BCUT2D eigenvalue weighted by Crippen LogP contribution is -2.51. The fourth-order valence-electron chi connectivity index (χ4n) is 3.49. The normalized spacial score (nSPS) is 17.0. The summed E-state index contributed by atoms with van der Waals surface area (Å²) in [5.74, 6) is -0.0260. The number of hydrogen-bond donors (Lipinski definition) is 2. The predicted octanol–water partition coefficient (Wildman–Crippen LogP) is 2.91. The molecule has 1 aliphatic rings. The first-order valence-electron chi connectivity index (χ1n) is 9.92. The third-order valence-corrected chi connectivity index (χ3v) is 5.81. The number of aromatic amines is 1. The molecule has 166 valence electrons. The Bertz CT molecular complexity index is 959. The zero-order chi connectivity index (χ0) is 22.7. The summed E-state index contributed by atoms with van der Waals surface area (Å²) in [4.78, 5) is 48.1. The van der Waals surface area contributed by atoms with Crippen LogP contribution in [0.3, 0.4) is 0 Å². The van der Waals surface area contributed by atoms with Crippen LogP contribution >= 0.6 is 15.9 Å². The molecule has 1 aliphatic heterocycles. The molecule has 31 heavy (non-hydrogen) atoms. The van der Waals surface area contributed by atoms with Gasteiger partial charge in [0.05, 0.1) is 32.2 Å². The Morgan fingerprint density at radius 3 is 2.52 bits per heavy atom. The number of hydrogen-bond acceptors (Lipinski definition) is 5. The molecule has 10 heteroatoms. The summed E-state index contributed by atoms with van der Waals surface area (Å²) in [5, 5.41) is 2.60. The second-order valence-corrected chi connectivity index (χ2v) is 8.67. The minimum Gasteiger partial charge on any atom is -0.453 e. The molecule has 2 N–H and O–H groups in total. The second-order valence-electron chi connectivity index (χ2n) is 7.75. The second kappa shape index (κ2) is 9.51. The van der Waals surface area contributed by atoms with Crippen molar-refractivity contribution in [2.24, 2.45) is 5.92 Å². The van der Waals surface area contributed by atoms with Crippen molar-refractivity contribution in [1.82, 2.24) is 25.1 Å². The smallest absolute Gasteiger partial charge is 0.407 e. The number of rotatable bonds is 5. The van der Waals surface area contributed by atoms with Crippen LogP contribution in [0.5, 0.6) is 0 Å². The molecule has 1 fully saturated rings. The maximum Gasteiger partial charge on any atom is 0.407 e.